The summed E-state index contributed by atoms with van der Waals surface area (Å²) < 4.78 is 32.8. The lowest BCUT2D eigenvalue weighted by atomic mass is 9.98. The molecule has 1 aliphatic rings. The van der Waals surface area contributed by atoms with Crippen LogP contribution in [0.25, 0.3) is 5.57 Å². The van der Waals surface area contributed by atoms with Gasteiger partial charge < -0.3 is 24.4 Å². The fraction of sp³-hybridized carbons (Fsp3) is 0.257. The molecular weight excluding hydrogens is 545 g/mol. The van der Waals surface area contributed by atoms with Gasteiger partial charge in [-0.15, -0.1) is 0 Å². The van der Waals surface area contributed by atoms with Crippen molar-refractivity contribution in [2.45, 2.75) is 46.0 Å². The van der Waals surface area contributed by atoms with E-state index in [1.54, 1.807) is 17.0 Å². The zero-order valence-corrected chi connectivity index (χ0v) is 24.7. The van der Waals surface area contributed by atoms with Gasteiger partial charge in [0.25, 0.3) is 0 Å². The number of carbonyl (C=O) groups is 1. The van der Waals surface area contributed by atoms with Crippen molar-refractivity contribution in [3.63, 3.8) is 0 Å². The molecule has 1 aliphatic heterocycles. The fourth-order valence-corrected chi connectivity index (χ4v) is 4.58. The zero-order valence-electron chi connectivity index (χ0n) is 24.7. The van der Waals surface area contributed by atoms with E-state index in [2.05, 4.69) is 10.3 Å². The fourth-order valence-electron chi connectivity index (χ4n) is 4.58. The Morgan fingerprint density at radius 1 is 0.907 bits per heavy atom. The maximum Gasteiger partial charge on any atom is 0.410 e. The summed E-state index contributed by atoms with van der Waals surface area (Å²) in [4.78, 5) is 18.6. The molecule has 2 heterocycles. The standard InChI is InChI=1S/C35H36FN3O4/c1-35(2,3)43-34(40)39-20-18-27(19-21-39)29-15-14-28(22-30(29)36)37-31-16-17-32(41-23-25-10-6-4-7-11-25)38-33(31)42-24-26-12-8-5-9-13-26/h4-18,22,37H,19-21,23-24H2,1-3H3. The molecule has 0 atom stereocenters. The van der Waals surface area contributed by atoms with E-state index in [-0.39, 0.29) is 11.9 Å². The number of anilines is 2. The van der Waals surface area contributed by atoms with Crippen LogP contribution in [0.1, 0.15) is 43.9 Å². The minimum atomic E-state index is -0.562. The highest BCUT2D eigenvalue weighted by atomic mass is 19.1. The van der Waals surface area contributed by atoms with Crippen molar-refractivity contribution in [1.29, 1.82) is 0 Å². The van der Waals surface area contributed by atoms with Crippen LogP contribution in [0.3, 0.4) is 0 Å². The smallest absolute Gasteiger partial charge is 0.410 e. The second-order valence-corrected chi connectivity index (χ2v) is 11.3. The van der Waals surface area contributed by atoms with Gasteiger partial charge in [-0.2, -0.15) is 4.98 Å². The van der Waals surface area contributed by atoms with E-state index in [0.717, 1.165) is 16.7 Å². The molecule has 0 radical (unpaired) electrons. The summed E-state index contributed by atoms with van der Waals surface area (Å²) >= 11 is 0. The first kappa shape index (κ1) is 29.6. The average Bonchev–Trinajstić information content (AvgIpc) is 3.00. The van der Waals surface area contributed by atoms with Crippen molar-refractivity contribution in [2.24, 2.45) is 0 Å². The molecule has 1 aromatic heterocycles. The van der Waals surface area contributed by atoms with Gasteiger partial charge in [0.05, 0.1) is 0 Å². The lowest BCUT2D eigenvalue weighted by Crippen LogP contribution is -2.39. The van der Waals surface area contributed by atoms with Crippen molar-refractivity contribution in [3.05, 3.63) is 120 Å². The highest BCUT2D eigenvalue weighted by Crippen LogP contribution is 2.32. The summed E-state index contributed by atoms with van der Waals surface area (Å²) in [6.07, 6.45) is 2.06. The van der Waals surface area contributed by atoms with Crippen LogP contribution in [0.2, 0.25) is 0 Å². The van der Waals surface area contributed by atoms with Gasteiger partial charge in [0, 0.05) is 30.4 Å². The van der Waals surface area contributed by atoms with E-state index in [9.17, 15) is 4.79 Å². The summed E-state index contributed by atoms with van der Waals surface area (Å²) in [5, 5.41) is 3.25. The van der Waals surface area contributed by atoms with E-state index >= 15 is 4.39 Å². The average molecular weight is 582 g/mol. The molecule has 0 saturated heterocycles. The monoisotopic (exact) mass is 581 g/mol. The van der Waals surface area contributed by atoms with E-state index in [4.69, 9.17) is 14.2 Å². The normalized spacial score (nSPS) is 13.2. The first-order valence-corrected chi connectivity index (χ1v) is 14.3. The number of halogens is 1. The highest BCUT2D eigenvalue weighted by Gasteiger charge is 2.24. The largest absolute Gasteiger partial charge is 0.473 e. The number of rotatable bonds is 9. The maximum absolute atomic E-state index is 15.4. The summed E-state index contributed by atoms with van der Waals surface area (Å²) in [6, 6.07) is 28.3. The Labute approximate surface area is 251 Å². The quantitative estimate of drug-likeness (QED) is 0.215. The Morgan fingerprint density at radius 3 is 2.19 bits per heavy atom. The molecule has 4 aromatic rings. The number of carbonyl (C=O) groups excluding carboxylic acids is 1. The van der Waals surface area contributed by atoms with Crippen LogP contribution < -0.4 is 14.8 Å². The van der Waals surface area contributed by atoms with Gasteiger partial charge in [0.15, 0.2) is 0 Å². The van der Waals surface area contributed by atoms with Crippen LogP contribution in [0.15, 0.2) is 97.1 Å². The van der Waals surface area contributed by atoms with Crippen molar-refractivity contribution in [2.75, 3.05) is 18.4 Å². The van der Waals surface area contributed by atoms with Gasteiger partial charge in [0.2, 0.25) is 11.8 Å². The maximum atomic E-state index is 15.4. The third-order valence-corrected chi connectivity index (χ3v) is 6.74. The highest BCUT2D eigenvalue weighted by molar-refractivity contribution is 5.74. The van der Waals surface area contributed by atoms with Gasteiger partial charge in [-0.05, 0) is 68.2 Å². The summed E-state index contributed by atoms with van der Waals surface area (Å²) in [6.45, 7) is 7.03. The number of nitrogens with one attached hydrogen (secondary N) is 1. The molecule has 0 fully saturated rings. The molecule has 0 aliphatic carbocycles. The summed E-state index contributed by atoms with van der Waals surface area (Å²) in [7, 11) is 0. The molecular formula is C35H36FN3O4. The van der Waals surface area contributed by atoms with Crippen LogP contribution in [0, 0.1) is 5.82 Å². The van der Waals surface area contributed by atoms with Crippen molar-refractivity contribution >= 4 is 23.0 Å². The number of hydrogen-bond acceptors (Lipinski definition) is 6. The Morgan fingerprint density at radius 2 is 1.58 bits per heavy atom. The first-order chi connectivity index (χ1) is 20.7. The van der Waals surface area contributed by atoms with Gasteiger partial charge in [0.1, 0.15) is 30.3 Å². The minimum Gasteiger partial charge on any atom is -0.473 e. The summed E-state index contributed by atoms with van der Waals surface area (Å²) in [5.74, 6) is 0.407. The molecule has 0 bridgehead atoms. The predicted octanol–water partition coefficient (Wildman–Crippen LogP) is 8.15. The SMILES string of the molecule is CC(C)(C)OC(=O)N1CC=C(c2ccc(Nc3ccc(OCc4ccccc4)nc3OCc3ccccc3)cc2F)CC1. The van der Waals surface area contributed by atoms with Gasteiger partial charge in [-0.1, -0.05) is 66.7 Å². The Hall–Kier alpha value is -4.85. The number of hydrogen-bond donors (Lipinski definition) is 1. The zero-order chi connectivity index (χ0) is 30.2. The molecule has 7 nitrogen and oxygen atoms in total. The lowest BCUT2D eigenvalue weighted by Gasteiger charge is -2.29. The molecule has 0 spiro atoms. The Bertz CT molecular complexity index is 1570. The van der Waals surface area contributed by atoms with E-state index in [0.29, 0.717) is 61.4 Å². The van der Waals surface area contributed by atoms with Crippen LogP contribution in [0.4, 0.5) is 20.6 Å². The van der Waals surface area contributed by atoms with Gasteiger partial charge >= 0.3 is 6.09 Å². The number of nitrogens with zero attached hydrogens (tertiary/aromatic N) is 2. The second-order valence-electron chi connectivity index (χ2n) is 11.3. The van der Waals surface area contributed by atoms with E-state index in [1.807, 2.05) is 99.6 Å². The first-order valence-electron chi connectivity index (χ1n) is 14.3. The molecule has 3 aromatic carbocycles. The van der Waals surface area contributed by atoms with E-state index < -0.39 is 5.60 Å². The van der Waals surface area contributed by atoms with Gasteiger partial charge in [-0.3, -0.25) is 0 Å². The van der Waals surface area contributed by atoms with E-state index in [1.165, 1.54) is 6.07 Å². The molecule has 43 heavy (non-hydrogen) atoms. The predicted molar refractivity (Wildman–Crippen MR) is 166 cm³/mol. The van der Waals surface area contributed by atoms with Crippen molar-refractivity contribution < 1.29 is 23.4 Å². The number of ether oxygens (including phenoxy) is 3. The molecule has 1 N–H and O–H groups in total. The Kier molecular flexibility index (Phi) is 9.25. The number of benzene rings is 3. The Balaban J connectivity index is 1.30. The second kappa shape index (κ2) is 13.4. The third-order valence-electron chi connectivity index (χ3n) is 6.74. The molecule has 0 saturated carbocycles. The van der Waals surface area contributed by atoms with Crippen LogP contribution in [-0.4, -0.2) is 34.7 Å². The molecule has 0 unspecified atom stereocenters. The van der Waals surface area contributed by atoms with Crippen molar-refractivity contribution in [3.8, 4) is 11.8 Å². The van der Waals surface area contributed by atoms with Crippen LogP contribution >= 0.6 is 0 Å². The summed E-state index contributed by atoms with van der Waals surface area (Å²) in [5.41, 5.74) is 3.96. The third kappa shape index (κ3) is 8.35. The lowest BCUT2D eigenvalue weighted by molar-refractivity contribution is 0.0270. The van der Waals surface area contributed by atoms with Crippen LogP contribution in [-0.2, 0) is 18.0 Å². The minimum absolute atomic E-state index is 0.312. The molecule has 222 valence electrons. The number of amides is 1. The van der Waals surface area contributed by atoms with Crippen molar-refractivity contribution in [1.82, 2.24) is 9.88 Å². The number of aromatic nitrogens is 1. The number of pyridine rings is 1. The van der Waals surface area contributed by atoms with Crippen LogP contribution in [0.5, 0.6) is 11.8 Å². The molecule has 8 heteroatoms. The topological polar surface area (TPSA) is 72.9 Å². The van der Waals surface area contributed by atoms with Gasteiger partial charge in [-0.25, -0.2) is 9.18 Å². The molecule has 1 amide bonds. The molecule has 5 rings (SSSR count).